The second kappa shape index (κ2) is 6.97. The van der Waals surface area contributed by atoms with Gasteiger partial charge in [-0.05, 0) is 62.4 Å². The van der Waals surface area contributed by atoms with Crippen molar-refractivity contribution < 1.29 is 4.79 Å². The van der Waals surface area contributed by atoms with Crippen molar-refractivity contribution >= 4 is 23.2 Å². The third-order valence-electron chi connectivity index (χ3n) is 3.82. The zero-order chi connectivity index (χ0) is 16.3. The van der Waals surface area contributed by atoms with Gasteiger partial charge in [0, 0.05) is 17.1 Å². The number of hydrogen-bond acceptors (Lipinski definition) is 1. The smallest absolute Gasteiger partial charge is 0.224 e. The predicted molar refractivity (Wildman–Crippen MR) is 93.8 cm³/mol. The highest BCUT2D eigenvalue weighted by molar-refractivity contribution is 6.31. The fourth-order valence-electron chi connectivity index (χ4n) is 2.63. The molecule has 3 heteroatoms. The van der Waals surface area contributed by atoms with Crippen LogP contribution in [0.25, 0.3) is 0 Å². The standard InChI is InChI=1S/C19H22ClNO/c1-12-9-14(3)19(15(4)10-12)21-18(22)8-7-16-6-5-13(2)17(20)11-16/h5-6,9-11H,7-8H2,1-4H3,(H,21,22). The summed E-state index contributed by atoms with van der Waals surface area (Å²) < 4.78 is 0. The first kappa shape index (κ1) is 16.6. The second-order valence-electron chi connectivity index (χ2n) is 5.91. The Kier molecular flexibility index (Phi) is 5.25. The maximum atomic E-state index is 12.2. The van der Waals surface area contributed by atoms with E-state index in [2.05, 4.69) is 24.4 Å². The van der Waals surface area contributed by atoms with Crippen LogP contribution in [0.4, 0.5) is 5.69 Å². The molecule has 0 aliphatic heterocycles. The molecule has 2 aromatic rings. The summed E-state index contributed by atoms with van der Waals surface area (Å²) in [6.07, 6.45) is 1.14. The number of amides is 1. The molecule has 0 atom stereocenters. The van der Waals surface area contributed by atoms with Crippen LogP contribution in [0, 0.1) is 27.7 Å². The van der Waals surface area contributed by atoms with Crippen molar-refractivity contribution in [1.29, 1.82) is 0 Å². The fourth-order valence-corrected chi connectivity index (χ4v) is 2.83. The molecule has 0 aliphatic carbocycles. The molecule has 0 aliphatic rings. The lowest BCUT2D eigenvalue weighted by atomic mass is 10.0. The van der Waals surface area contributed by atoms with Gasteiger partial charge in [0.2, 0.25) is 5.91 Å². The Morgan fingerprint density at radius 3 is 2.23 bits per heavy atom. The Balaban J connectivity index is 2.00. The summed E-state index contributed by atoms with van der Waals surface area (Å²) in [5.74, 6) is 0.0340. The van der Waals surface area contributed by atoms with E-state index < -0.39 is 0 Å². The number of carbonyl (C=O) groups excluding carboxylic acids is 1. The summed E-state index contributed by atoms with van der Waals surface area (Å²) in [4.78, 5) is 12.2. The highest BCUT2D eigenvalue weighted by Crippen LogP contribution is 2.22. The summed E-state index contributed by atoms with van der Waals surface area (Å²) in [6, 6.07) is 10.1. The number of benzene rings is 2. The maximum Gasteiger partial charge on any atom is 0.224 e. The maximum absolute atomic E-state index is 12.2. The normalized spacial score (nSPS) is 10.6. The monoisotopic (exact) mass is 315 g/mol. The fraction of sp³-hybridized carbons (Fsp3) is 0.316. The van der Waals surface area contributed by atoms with E-state index in [1.165, 1.54) is 5.56 Å². The zero-order valence-electron chi connectivity index (χ0n) is 13.6. The lowest BCUT2D eigenvalue weighted by Crippen LogP contribution is -2.14. The molecule has 0 heterocycles. The minimum Gasteiger partial charge on any atom is -0.326 e. The van der Waals surface area contributed by atoms with Crippen molar-refractivity contribution in [1.82, 2.24) is 0 Å². The molecule has 1 amide bonds. The van der Waals surface area contributed by atoms with Gasteiger partial charge in [-0.1, -0.05) is 41.4 Å². The van der Waals surface area contributed by atoms with Crippen LogP contribution in [0.3, 0.4) is 0 Å². The quantitative estimate of drug-likeness (QED) is 0.831. The summed E-state index contributed by atoms with van der Waals surface area (Å²) in [7, 11) is 0. The molecular weight excluding hydrogens is 294 g/mol. The number of aryl methyl sites for hydroxylation is 5. The van der Waals surface area contributed by atoms with Gasteiger partial charge >= 0.3 is 0 Å². The number of anilines is 1. The van der Waals surface area contributed by atoms with Crippen LogP contribution >= 0.6 is 11.6 Å². The van der Waals surface area contributed by atoms with Crippen LogP contribution in [0.2, 0.25) is 5.02 Å². The Labute approximate surface area is 137 Å². The molecule has 0 unspecified atom stereocenters. The SMILES string of the molecule is Cc1cc(C)c(NC(=O)CCc2ccc(C)c(Cl)c2)c(C)c1. The van der Waals surface area contributed by atoms with E-state index in [0.29, 0.717) is 12.8 Å². The van der Waals surface area contributed by atoms with Crippen LogP contribution in [-0.2, 0) is 11.2 Å². The number of nitrogens with one attached hydrogen (secondary N) is 1. The molecule has 2 aromatic carbocycles. The summed E-state index contributed by atoms with van der Waals surface area (Å²) in [5.41, 5.74) is 6.48. The Morgan fingerprint density at radius 2 is 1.64 bits per heavy atom. The van der Waals surface area contributed by atoms with E-state index in [0.717, 1.165) is 33.0 Å². The molecule has 22 heavy (non-hydrogen) atoms. The molecule has 0 fully saturated rings. The van der Waals surface area contributed by atoms with Crippen molar-refractivity contribution in [3.8, 4) is 0 Å². The zero-order valence-corrected chi connectivity index (χ0v) is 14.3. The summed E-state index contributed by atoms with van der Waals surface area (Å²) >= 11 is 6.11. The lowest BCUT2D eigenvalue weighted by molar-refractivity contribution is -0.116. The summed E-state index contributed by atoms with van der Waals surface area (Å²) in [6.45, 7) is 8.08. The minimum absolute atomic E-state index is 0.0340. The van der Waals surface area contributed by atoms with Crippen LogP contribution in [0.5, 0.6) is 0 Å². The third-order valence-corrected chi connectivity index (χ3v) is 4.23. The van der Waals surface area contributed by atoms with Gasteiger partial charge in [0.15, 0.2) is 0 Å². The molecular formula is C19H22ClNO. The molecule has 0 aromatic heterocycles. The van der Waals surface area contributed by atoms with Crippen molar-refractivity contribution in [2.45, 2.75) is 40.5 Å². The molecule has 2 rings (SSSR count). The van der Waals surface area contributed by atoms with Gasteiger partial charge < -0.3 is 5.32 Å². The van der Waals surface area contributed by atoms with E-state index in [4.69, 9.17) is 11.6 Å². The van der Waals surface area contributed by atoms with E-state index in [-0.39, 0.29) is 5.91 Å². The van der Waals surface area contributed by atoms with E-state index in [1.807, 2.05) is 39.0 Å². The van der Waals surface area contributed by atoms with Gasteiger partial charge in [0.05, 0.1) is 0 Å². The number of rotatable bonds is 4. The van der Waals surface area contributed by atoms with Crippen molar-refractivity contribution in [2.75, 3.05) is 5.32 Å². The highest BCUT2D eigenvalue weighted by atomic mass is 35.5. The average Bonchev–Trinajstić information content (AvgIpc) is 2.44. The Morgan fingerprint density at radius 1 is 1.00 bits per heavy atom. The van der Waals surface area contributed by atoms with Gasteiger partial charge in [-0.15, -0.1) is 0 Å². The Hall–Kier alpha value is -1.80. The molecule has 1 N–H and O–H groups in total. The molecule has 0 bridgehead atoms. The van der Waals surface area contributed by atoms with Gasteiger partial charge in [0.1, 0.15) is 0 Å². The minimum atomic E-state index is 0.0340. The number of carbonyl (C=O) groups is 1. The van der Waals surface area contributed by atoms with Crippen LogP contribution < -0.4 is 5.32 Å². The molecule has 0 saturated carbocycles. The third kappa shape index (κ3) is 4.11. The first-order valence-electron chi connectivity index (χ1n) is 7.49. The first-order chi connectivity index (χ1) is 10.4. The van der Waals surface area contributed by atoms with Crippen molar-refractivity contribution in [2.24, 2.45) is 0 Å². The second-order valence-corrected chi connectivity index (χ2v) is 6.31. The summed E-state index contributed by atoms with van der Waals surface area (Å²) in [5, 5.41) is 3.78. The first-order valence-corrected chi connectivity index (χ1v) is 7.87. The predicted octanol–water partition coefficient (Wildman–Crippen LogP) is 5.14. The molecule has 0 saturated heterocycles. The van der Waals surface area contributed by atoms with Crippen molar-refractivity contribution in [3.63, 3.8) is 0 Å². The number of hydrogen-bond donors (Lipinski definition) is 1. The average molecular weight is 316 g/mol. The lowest BCUT2D eigenvalue weighted by Gasteiger charge is -2.13. The van der Waals surface area contributed by atoms with Crippen LogP contribution in [0.15, 0.2) is 30.3 Å². The molecule has 0 spiro atoms. The topological polar surface area (TPSA) is 29.1 Å². The van der Waals surface area contributed by atoms with Gasteiger partial charge in [0.25, 0.3) is 0 Å². The molecule has 2 nitrogen and oxygen atoms in total. The van der Waals surface area contributed by atoms with Gasteiger partial charge in [-0.3, -0.25) is 4.79 Å². The Bertz CT molecular complexity index is 684. The number of halogens is 1. The van der Waals surface area contributed by atoms with E-state index in [1.54, 1.807) is 0 Å². The largest absolute Gasteiger partial charge is 0.326 e. The van der Waals surface area contributed by atoms with Crippen LogP contribution in [0.1, 0.15) is 34.2 Å². The van der Waals surface area contributed by atoms with Crippen LogP contribution in [-0.4, -0.2) is 5.91 Å². The van der Waals surface area contributed by atoms with Gasteiger partial charge in [-0.2, -0.15) is 0 Å². The van der Waals surface area contributed by atoms with E-state index in [9.17, 15) is 4.79 Å². The van der Waals surface area contributed by atoms with E-state index >= 15 is 0 Å². The highest BCUT2D eigenvalue weighted by Gasteiger charge is 2.09. The molecule has 0 radical (unpaired) electrons. The van der Waals surface area contributed by atoms with Gasteiger partial charge in [-0.25, -0.2) is 0 Å². The van der Waals surface area contributed by atoms with Crippen molar-refractivity contribution in [3.05, 3.63) is 63.2 Å². The molecule has 116 valence electrons.